The lowest BCUT2D eigenvalue weighted by atomic mass is 9.99. The molecule has 1 unspecified atom stereocenters. The van der Waals surface area contributed by atoms with Crippen LogP contribution in [-0.4, -0.2) is 36.4 Å². The van der Waals surface area contributed by atoms with Gasteiger partial charge in [0.05, 0.1) is 0 Å². The van der Waals surface area contributed by atoms with E-state index in [2.05, 4.69) is 4.74 Å². The molecule has 0 aliphatic carbocycles. The molecule has 0 radical (unpaired) electrons. The molecule has 0 spiro atoms. The Bertz CT molecular complexity index is 318. The smallest absolute Gasteiger partial charge is 0.248 e. The molecule has 0 aromatic rings. The minimum absolute atomic E-state index is 0.550. The predicted octanol–water partition coefficient (Wildman–Crippen LogP) is 4.18. The Morgan fingerprint density at radius 2 is 1.11 bits per heavy atom. The van der Waals surface area contributed by atoms with Crippen molar-refractivity contribution in [2.45, 2.75) is 43.6 Å². The van der Waals surface area contributed by atoms with Crippen molar-refractivity contribution in [3.05, 3.63) is 0 Å². The number of halogens is 10. The molecule has 0 bridgehead atoms. The number of hydrogen-bond acceptors (Lipinski definition) is 1. The van der Waals surface area contributed by atoms with Gasteiger partial charge in [-0.2, -0.15) is 35.1 Å². The lowest BCUT2D eigenvalue weighted by Gasteiger charge is -2.36. The zero-order chi connectivity index (χ0) is 15.9. The minimum Gasteiger partial charge on any atom is -0.248 e. The number of hydrogen-bond donors (Lipinski definition) is 0. The maximum Gasteiger partial charge on any atom is 0.423 e. The second kappa shape index (κ2) is 4.67. The largest absolute Gasteiger partial charge is 0.423 e. The van der Waals surface area contributed by atoms with E-state index in [0.717, 1.165) is 0 Å². The van der Waals surface area contributed by atoms with E-state index in [-0.39, 0.29) is 0 Å². The van der Waals surface area contributed by atoms with E-state index >= 15 is 0 Å². The maximum atomic E-state index is 13.1. The lowest BCUT2D eigenvalue weighted by Crippen LogP contribution is -2.60. The summed E-state index contributed by atoms with van der Waals surface area (Å²) in [5, 5.41) is 0. The normalized spacial score (nSPS) is 18.3. The average Bonchev–Trinajstić information content (AvgIpc) is 2.13. The first-order chi connectivity index (χ1) is 8.02. The quantitative estimate of drug-likeness (QED) is 0.669. The van der Waals surface area contributed by atoms with Gasteiger partial charge in [0, 0.05) is 6.92 Å². The van der Waals surface area contributed by atoms with Crippen molar-refractivity contribution in [1.82, 2.24) is 0 Å². The van der Waals surface area contributed by atoms with Crippen LogP contribution in [0.25, 0.3) is 0 Å². The van der Waals surface area contributed by atoms with Crippen molar-refractivity contribution in [3.63, 3.8) is 0 Å². The Labute approximate surface area is 100 Å². The zero-order valence-corrected chi connectivity index (χ0v) is 9.39. The molecular weight excluding hydrogens is 302 g/mol. The molecule has 1 nitrogen and oxygen atoms in total. The molecule has 0 saturated heterocycles. The molecule has 0 fully saturated rings. The summed E-state index contributed by atoms with van der Waals surface area (Å²) < 4.78 is 127. The van der Waals surface area contributed by atoms with Crippen LogP contribution in [0.1, 0.15) is 13.8 Å². The van der Waals surface area contributed by atoms with Gasteiger partial charge in [-0.1, -0.05) is 0 Å². The van der Waals surface area contributed by atoms with Crippen LogP contribution in [0.4, 0.5) is 43.9 Å². The Balaban J connectivity index is 5.42. The molecular formula is C8H8F10O. The van der Waals surface area contributed by atoms with E-state index in [1.165, 1.54) is 0 Å². The van der Waals surface area contributed by atoms with Crippen molar-refractivity contribution in [2.24, 2.45) is 0 Å². The van der Waals surface area contributed by atoms with E-state index in [4.69, 9.17) is 0 Å². The molecule has 0 rings (SSSR count). The molecule has 0 aromatic heterocycles. The van der Waals surface area contributed by atoms with Crippen LogP contribution in [0.5, 0.6) is 0 Å². The lowest BCUT2D eigenvalue weighted by molar-refractivity contribution is -0.463. The summed E-state index contributed by atoms with van der Waals surface area (Å²) in [6.07, 6.45) is -12.0. The summed E-state index contributed by atoms with van der Waals surface area (Å²) in [5.41, 5.74) is -5.26. The Morgan fingerprint density at radius 1 is 0.737 bits per heavy atom. The van der Waals surface area contributed by atoms with Gasteiger partial charge in [-0.05, 0) is 6.92 Å². The van der Waals surface area contributed by atoms with Gasteiger partial charge in [-0.15, -0.1) is 0 Å². The van der Waals surface area contributed by atoms with Crippen molar-refractivity contribution in [1.29, 1.82) is 0 Å². The fourth-order valence-corrected chi connectivity index (χ4v) is 0.685. The van der Waals surface area contributed by atoms with Crippen LogP contribution in [0.2, 0.25) is 0 Å². The van der Waals surface area contributed by atoms with Crippen molar-refractivity contribution < 1.29 is 48.6 Å². The van der Waals surface area contributed by atoms with E-state index in [0.29, 0.717) is 0 Å². The van der Waals surface area contributed by atoms with Gasteiger partial charge in [0.1, 0.15) is 0 Å². The number of alkyl halides is 10. The number of ether oxygens (including phenoxy) is 1. The maximum absolute atomic E-state index is 13.1. The van der Waals surface area contributed by atoms with Gasteiger partial charge in [0.2, 0.25) is 0 Å². The monoisotopic (exact) mass is 310 g/mol. The first-order valence-electron chi connectivity index (χ1n) is 4.48. The molecule has 0 amide bonds. The summed E-state index contributed by atoms with van der Waals surface area (Å²) in [5.74, 6) is -10.6. The highest BCUT2D eigenvalue weighted by Crippen LogP contribution is 2.49. The van der Waals surface area contributed by atoms with Gasteiger partial charge in [0.25, 0.3) is 5.67 Å². The fraction of sp³-hybridized carbons (Fsp3) is 1.00. The summed E-state index contributed by atoms with van der Waals surface area (Å²) in [4.78, 5) is 0. The molecule has 0 aliphatic heterocycles. The molecule has 116 valence electrons. The molecule has 19 heavy (non-hydrogen) atoms. The standard InChI is InChI=1S/C8H8F10O/c1-4(10,6(13,14)3-9)7(15,16)19-8(17,18)5(2,11)12/h3H2,1-2H3. The minimum atomic E-state index is -6.06. The molecule has 0 saturated carbocycles. The Hall–Kier alpha value is -0.740. The van der Waals surface area contributed by atoms with Crippen LogP contribution in [0, 0.1) is 0 Å². The molecule has 0 heterocycles. The first-order valence-corrected chi connectivity index (χ1v) is 4.48. The van der Waals surface area contributed by atoms with Gasteiger partial charge >= 0.3 is 24.1 Å². The van der Waals surface area contributed by atoms with Gasteiger partial charge in [-0.25, -0.2) is 13.5 Å². The van der Waals surface area contributed by atoms with Crippen LogP contribution >= 0.6 is 0 Å². The third-order valence-electron chi connectivity index (χ3n) is 2.17. The van der Waals surface area contributed by atoms with Crippen LogP contribution in [-0.2, 0) is 4.74 Å². The highest BCUT2D eigenvalue weighted by atomic mass is 19.3. The molecule has 1 atom stereocenters. The van der Waals surface area contributed by atoms with E-state index in [1.54, 1.807) is 0 Å². The number of rotatable bonds is 6. The summed E-state index contributed by atoms with van der Waals surface area (Å²) in [7, 11) is 0. The second-order valence-corrected chi connectivity index (χ2v) is 3.87. The highest BCUT2D eigenvalue weighted by Gasteiger charge is 2.72. The van der Waals surface area contributed by atoms with E-state index in [1.807, 2.05) is 0 Å². The summed E-state index contributed by atoms with van der Waals surface area (Å²) in [6, 6.07) is 0. The molecule has 0 aromatic carbocycles. The predicted molar refractivity (Wildman–Crippen MR) is 42.0 cm³/mol. The van der Waals surface area contributed by atoms with Gasteiger partial charge < -0.3 is 0 Å². The van der Waals surface area contributed by atoms with E-state index < -0.39 is 50.3 Å². The van der Waals surface area contributed by atoms with Crippen LogP contribution < -0.4 is 0 Å². The SMILES string of the molecule is CC(F)(F)C(F)(F)OC(F)(F)C(C)(F)C(F)(F)CF. The van der Waals surface area contributed by atoms with Crippen molar-refractivity contribution >= 4 is 0 Å². The highest BCUT2D eigenvalue weighted by molar-refractivity contribution is 4.97. The van der Waals surface area contributed by atoms with E-state index in [9.17, 15) is 43.9 Å². The van der Waals surface area contributed by atoms with Crippen LogP contribution in [0.15, 0.2) is 0 Å². The zero-order valence-electron chi connectivity index (χ0n) is 9.39. The van der Waals surface area contributed by atoms with Crippen molar-refractivity contribution in [2.75, 3.05) is 6.67 Å². The third-order valence-corrected chi connectivity index (χ3v) is 2.17. The van der Waals surface area contributed by atoms with Gasteiger partial charge in [-0.3, -0.25) is 0 Å². The Kier molecular flexibility index (Phi) is 4.49. The van der Waals surface area contributed by atoms with Crippen molar-refractivity contribution in [3.8, 4) is 0 Å². The van der Waals surface area contributed by atoms with Crippen LogP contribution in [0.3, 0.4) is 0 Å². The second-order valence-electron chi connectivity index (χ2n) is 3.87. The molecule has 0 N–H and O–H groups in total. The molecule has 11 heteroatoms. The van der Waals surface area contributed by atoms with Gasteiger partial charge in [0.15, 0.2) is 6.67 Å². The summed E-state index contributed by atoms with van der Waals surface area (Å²) >= 11 is 0. The third kappa shape index (κ3) is 3.23. The molecule has 0 aliphatic rings. The first kappa shape index (κ1) is 18.3. The Morgan fingerprint density at radius 3 is 1.37 bits per heavy atom. The average molecular weight is 310 g/mol. The fourth-order valence-electron chi connectivity index (χ4n) is 0.685. The summed E-state index contributed by atoms with van der Waals surface area (Å²) in [6.45, 7) is -4.16. The topological polar surface area (TPSA) is 9.23 Å².